The summed E-state index contributed by atoms with van der Waals surface area (Å²) >= 11 is 0. The molecular formula is C25H19NO3. The van der Waals surface area contributed by atoms with Crippen LogP contribution in [-0.2, 0) is 0 Å². The molecule has 0 bridgehead atoms. The van der Waals surface area contributed by atoms with Gasteiger partial charge in [-0.2, -0.15) is 0 Å². The molecule has 0 saturated heterocycles. The molecule has 29 heavy (non-hydrogen) atoms. The van der Waals surface area contributed by atoms with E-state index in [1.807, 2.05) is 80.6 Å². The minimum atomic E-state index is -0.526. The third-order valence-corrected chi connectivity index (χ3v) is 5.42. The Morgan fingerprint density at radius 2 is 1.59 bits per heavy atom. The number of benzene rings is 3. The summed E-state index contributed by atoms with van der Waals surface area (Å²) in [5.74, 6) is -0.166. The number of amides is 1. The predicted octanol–water partition coefficient (Wildman–Crippen LogP) is 5.16. The van der Waals surface area contributed by atoms with Crippen molar-refractivity contribution in [2.24, 2.45) is 0 Å². The van der Waals surface area contributed by atoms with Crippen LogP contribution >= 0.6 is 0 Å². The lowest BCUT2D eigenvalue weighted by Gasteiger charge is -2.25. The van der Waals surface area contributed by atoms with Crippen molar-refractivity contribution in [2.75, 3.05) is 4.90 Å². The van der Waals surface area contributed by atoms with Crippen LogP contribution in [0.1, 0.15) is 38.9 Å². The molecule has 5 rings (SSSR count). The summed E-state index contributed by atoms with van der Waals surface area (Å²) in [5, 5.41) is 0.503. The second kappa shape index (κ2) is 6.45. The van der Waals surface area contributed by atoms with E-state index < -0.39 is 6.04 Å². The molecule has 142 valence electrons. The van der Waals surface area contributed by atoms with E-state index in [1.54, 1.807) is 11.0 Å². The van der Waals surface area contributed by atoms with Crippen LogP contribution in [0, 0.1) is 13.8 Å². The predicted molar refractivity (Wildman–Crippen MR) is 113 cm³/mol. The van der Waals surface area contributed by atoms with Crippen LogP contribution in [0.4, 0.5) is 5.69 Å². The number of rotatable bonds is 2. The summed E-state index contributed by atoms with van der Waals surface area (Å²) < 4.78 is 5.99. The Morgan fingerprint density at radius 3 is 2.34 bits per heavy atom. The van der Waals surface area contributed by atoms with Crippen molar-refractivity contribution < 1.29 is 9.21 Å². The fraction of sp³-hybridized carbons (Fsp3) is 0.120. The quantitative estimate of drug-likeness (QED) is 0.482. The minimum absolute atomic E-state index is 0.127. The van der Waals surface area contributed by atoms with Crippen molar-refractivity contribution in [1.29, 1.82) is 0 Å². The highest BCUT2D eigenvalue weighted by molar-refractivity contribution is 6.10. The van der Waals surface area contributed by atoms with Gasteiger partial charge in [-0.1, -0.05) is 54.1 Å². The maximum Gasteiger partial charge on any atom is 0.295 e. The van der Waals surface area contributed by atoms with E-state index in [0.29, 0.717) is 16.5 Å². The maximum absolute atomic E-state index is 13.5. The average molecular weight is 381 g/mol. The summed E-state index contributed by atoms with van der Waals surface area (Å²) in [6, 6.07) is 22.3. The molecule has 1 aliphatic rings. The van der Waals surface area contributed by atoms with E-state index in [1.165, 1.54) is 0 Å². The van der Waals surface area contributed by atoms with Gasteiger partial charge in [0.05, 0.1) is 17.0 Å². The minimum Gasteiger partial charge on any atom is -0.450 e. The zero-order valence-electron chi connectivity index (χ0n) is 16.2. The van der Waals surface area contributed by atoms with E-state index in [0.717, 1.165) is 22.4 Å². The van der Waals surface area contributed by atoms with Crippen LogP contribution in [0.15, 0.2) is 82.0 Å². The van der Waals surface area contributed by atoms with Crippen molar-refractivity contribution >= 4 is 22.6 Å². The molecule has 4 heteroatoms. The van der Waals surface area contributed by atoms with Crippen LogP contribution in [0.25, 0.3) is 11.0 Å². The van der Waals surface area contributed by atoms with Crippen molar-refractivity contribution in [2.45, 2.75) is 19.9 Å². The molecule has 1 unspecified atom stereocenters. The molecular weight excluding hydrogens is 362 g/mol. The van der Waals surface area contributed by atoms with Gasteiger partial charge in [0.15, 0.2) is 5.43 Å². The first-order valence-corrected chi connectivity index (χ1v) is 9.57. The molecule has 1 aliphatic heterocycles. The van der Waals surface area contributed by atoms with E-state index in [2.05, 4.69) is 0 Å². The third kappa shape index (κ3) is 2.68. The van der Waals surface area contributed by atoms with Gasteiger partial charge in [-0.15, -0.1) is 0 Å². The van der Waals surface area contributed by atoms with Crippen LogP contribution in [-0.4, -0.2) is 5.91 Å². The van der Waals surface area contributed by atoms with Crippen molar-refractivity contribution in [3.8, 4) is 0 Å². The molecule has 1 atom stereocenters. The number of anilines is 1. The Hall–Kier alpha value is -3.66. The molecule has 0 fully saturated rings. The van der Waals surface area contributed by atoms with Crippen LogP contribution in [0.2, 0.25) is 0 Å². The molecule has 0 aliphatic carbocycles. The Labute approximate surface area is 168 Å². The lowest BCUT2D eigenvalue weighted by Crippen LogP contribution is -2.29. The van der Waals surface area contributed by atoms with E-state index in [-0.39, 0.29) is 17.1 Å². The molecule has 4 aromatic rings. The third-order valence-electron chi connectivity index (χ3n) is 5.42. The Kier molecular flexibility index (Phi) is 3.88. The van der Waals surface area contributed by atoms with Gasteiger partial charge >= 0.3 is 0 Å². The first-order valence-electron chi connectivity index (χ1n) is 9.57. The highest BCUT2D eigenvalue weighted by atomic mass is 16.3. The zero-order chi connectivity index (χ0) is 20.1. The second-order valence-electron chi connectivity index (χ2n) is 7.50. The number of carbonyl (C=O) groups excluding carboxylic acids is 1. The Bertz CT molecular complexity index is 1320. The average Bonchev–Trinajstić information content (AvgIpc) is 3.02. The molecule has 2 heterocycles. The standard InChI is InChI=1S/C25H19NO3/c1-15-7-6-10-18(13-15)26-22(17-8-4-3-5-9-17)21-23(27)19-14-16(2)11-12-20(19)29-24(21)25(26)28/h3-14,22H,1-2H3. The molecule has 3 aromatic carbocycles. The molecule has 0 saturated carbocycles. The molecule has 4 nitrogen and oxygen atoms in total. The molecule has 1 aromatic heterocycles. The van der Waals surface area contributed by atoms with Crippen molar-refractivity contribution in [3.05, 3.63) is 111 Å². The first-order chi connectivity index (χ1) is 14.0. The normalized spacial score (nSPS) is 15.7. The summed E-state index contributed by atoms with van der Waals surface area (Å²) in [6.07, 6.45) is 0. The van der Waals surface area contributed by atoms with Gasteiger partial charge < -0.3 is 4.42 Å². The smallest absolute Gasteiger partial charge is 0.295 e. The monoisotopic (exact) mass is 381 g/mol. The second-order valence-corrected chi connectivity index (χ2v) is 7.50. The van der Waals surface area contributed by atoms with Crippen molar-refractivity contribution in [3.63, 3.8) is 0 Å². The van der Waals surface area contributed by atoms with Crippen LogP contribution in [0.5, 0.6) is 0 Å². The maximum atomic E-state index is 13.5. The molecule has 0 N–H and O–H groups in total. The highest BCUT2D eigenvalue weighted by Crippen LogP contribution is 2.41. The van der Waals surface area contributed by atoms with Crippen molar-refractivity contribution in [1.82, 2.24) is 0 Å². The summed E-state index contributed by atoms with van der Waals surface area (Å²) in [4.78, 5) is 28.6. The number of aryl methyl sites for hydroxylation is 2. The Morgan fingerprint density at radius 1 is 0.828 bits per heavy atom. The zero-order valence-corrected chi connectivity index (χ0v) is 16.2. The molecule has 0 radical (unpaired) electrons. The molecule has 1 amide bonds. The number of hydrogen-bond acceptors (Lipinski definition) is 3. The van der Waals surface area contributed by atoms with E-state index in [4.69, 9.17) is 4.42 Å². The number of carbonyl (C=O) groups is 1. The van der Waals surface area contributed by atoms with Gasteiger partial charge in [0.2, 0.25) is 5.76 Å². The lowest BCUT2D eigenvalue weighted by atomic mass is 9.98. The van der Waals surface area contributed by atoms with Gasteiger partial charge in [-0.25, -0.2) is 0 Å². The highest BCUT2D eigenvalue weighted by Gasteiger charge is 2.43. The van der Waals surface area contributed by atoms with Gasteiger partial charge in [-0.3, -0.25) is 14.5 Å². The molecule has 0 spiro atoms. The number of fused-ring (bicyclic) bond motifs is 2. The number of nitrogens with zero attached hydrogens (tertiary/aromatic N) is 1. The fourth-order valence-electron chi connectivity index (χ4n) is 4.08. The fourth-order valence-corrected chi connectivity index (χ4v) is 4.08. The summed E-state index contributed by atoms with van der Waals surface area (Å²) in [6.45, 7) is 3.92. The van der Waals surface area contributed by atoms with Crippen LogP contribution < -0.4 is 10.3 Å². The van der Waals surface area contributed by atoms with Gasteiger partial charge in [-0.05, 0) is 49.2 Å². The summed E-state index contributed by atoms with van der Waals surface area (Å²) in [7, 11) is 0. The summed E-state index contributed by atoms with van der Waals surface area (Å²) in [5.41, 5.74) is 4.32. The van der Waals surface area contributed by atoms with E-state index in [9.17, 15) is 9.59 Å². The topological polar surface area (TPSA) is 50.5 Å². The largest absolute Gasteiger partial charge is 0.450 e. The first kappa shape index (κ1) is 17.4. The van der Waals surface area contributed by atoms with Gasteiger partial charge in [0.25, 0.3) is 5.91 Å². The lowest BCUT2D eigenvalue weighted by molar-refractivity contribution is 0.0971. The van der Waals surface area contributed by atoms with E-state index >= 15 is 0 Å². The van der Waals surface area contributed by atoms with Gasteiger partial charge in [0.1, 0.15) is 5.58 Å². The van der Waals surface area contributed by atoms with Crippen LogP contribution in [0.3, 0.4) is 0 Å². The Balaban J connectivity index is 1.84. The SMILES string of the molecule is Cc1cccc(N2C(=O)c3oc4ccc(C)cc4c(=O)c3C2c2ccccc2)c1. The number of hydrogen-bond donors (Lipinski definition) is 0. The van der Waals surface area contributed by atoms with Gasteiger partial charge in [0, 0.05) is 5.69 Å².